The van der Waals surface area contributed by atoms with Gasteiger partial charge in [-0.3, -0.25) is 9.59 Å². The molecule has 0 saturated heterocycles. The van der Waals surface area contributed by atoms with Crippen LogP contribution in [0.25, 0.3) is 0 Å². The molecule has 35 heavy (non-hydrogen) atoms. The van der Waals surface area contributed by atoms with Gasteiger partial charge in [0.05, 0.1) is 6.61 Å². The number of rotatable bonds is 7. The minimum Gasteiger partial charge on any atom is -0.504 e. The maximum absolute atomic E-state index is 13.8. The Kier molecular flexibility index (Phi) is 6.89. The van der Waals surface area contributed by atoms with E-state index in [0.717, 1.165) is 47.4 Å². The number of nitrogens with zero attached hydrogens (tertiary/aromatic N) is 1. The van der Waals surface area contributed by atoms with Crippen LogP contribution in [-0.2, 0) is 14.3 Å². The van der Waals surface area contributed by atoms with E-state index in [2.05, 4.69) is 32.6 Å². The third kappa shape index (κ3) is 4.90. The average Bonchev–Trinajstić information content (AvgIpc) is 2.74. The summed E-state index contributed by atoms with van der Waals surface area (Å²) in [7, 11) is 1.70. The van der Waals surface area contributed by atoms with E-state index < -0.39 is 5.92 Å². The van der Waals surface area contributed by atoms with Gasteiger partial charge in [-0.25, -0.2) is 0 Å². The van der Waals surface area contributed by atoms with Gasteiger partial charge in [0.2, 0.25) is 0 Å². The number of phenols is 1. The van der Waals surface area contributed by atoms with E-state index in [9.17, 15) is 14.7 Å². The molecule has 0 atom stereocenters. The summed E-state index contributed by atoms with van der Waals surface area (Å²) in [6.07, 6.45) is 3.27. The Balaban J connectivity index is 1.95. The number of hydrogen-bond acceptors (Lipinski definition) is 6. The minimum atomic E-state index is -0.439. The van der Waals surface area contributed by atoms with Crippen LogP contribution in [0.15, 0.2) is 40.7 Å². The van der Waals surface area contributed by atoms with Crippen LogP contribution in [0.2, 0.25) is 0 Å². The largest absolute Gasteiger partial charge is 0.504 e. The van der Waals surface area contributed by atoms with Gasteiger partial charge < -0.3 is 19.5 Å². The quantitative estimate of drug-likeness (QED) is 0.517. The number of ether oxygens (including phenoxy) is 2. The predicted octanol–water partition coefficient (Wildman–Crippen LogP) is 5.51. The molecule has 3 aliphatic rings. The van der Waals surface area contributed by atoms with Gasteiger partial charge >= 0.3 is 0 Å². The van der Waals surface area contributed by atoms with E-state index >= 15 is 0 Å². The lowest BCUT2D eigenvalue weighted by molar-refractivity contribution is -0.119. The Morgan fingerprint density at radius 2 is 1.54 bits per heavy atom. The van der Waals surface area contributed by atoms with Crippen LogP contribution in [0.5, 0.6) is 11.5 Å². The summed E-state index contributed by atoms with van der Waals surface area (Å²) in [4.78, 5) is 29.8. The van der Waals surface area contributed by atoms with Crippen molar-refractivity contribution in [3.63, 3.8) is 0 Å². The van der Waals surface area contributed by atoms with Crippen molar-refractivity contribution in [1.82, 2.24) is 4.90 Å². The number of hydrogen-bond donors (Lipinski definition) is 1. The molecule has 1 aliphatic heterocycles. The molecule has 0 bridgehead atoms. The van der Waals surface area contributed by atoms with Crippen molar-refractivity contribution >= 4 is 11.6 Å². The van der Waals surface area contributed by atoms with Crippen molar-refractivity contribution in [2.75, 3.05) is 26.9 Å². The molecule has 0 saturated carbocycles. The van der Waals surface area contributed by atoms with Crippen molar-refractivity contribution in [1.29, 1.82) is 0 Å². The number of methoxy groups -OCH3 is 1. The lowest BCUT2D eigenvalue weighted by Gasteiger charge is -2.49. The number of allylic oxidation sites excluding steroid dienone is 4. The molecule has 190 valence electrons. The van der Waals surface area contributed by atoms with Crippen LogP contribution in [0, 0.1) is 10.8 Å². The van der Waals surface area contributed by atoms with Crippen molar-refractivity contribution in [2.24, 2.45) is 10.8 Å². The molecule has 0 amide bonds. The van der Waals surface area contributed by atoms with Gasteiger partial charge in [-0.05, 0) is 54.7 Å². The Morgan fingerprint density at radius 1 is 0.971 bits per heavy atom. The third-order valence-corrected chi connectivity index (χ3v) is 7.37. The number of benzene rings is 1. The summed E-state index contributed by atoms with van der Waals surface area (Å²) in [5.41, 5.74) is 4.08. The SMILES string of the molecule is CCOc1cc(C2C3=C(CC(C)(C)CC3=O)N(CCCOC)C3=C2C(=O)CC(C)(C)C3)ccc1O. The average molecular weight is 482 g/mol. The van der Waals surface area contributed by atoms with Gasteiger partial charge in [-0.2, -0.15) is 0 Å². The maximum atomic E-state index is 13.8. The number of carbonyl (C=O) groups excluding carboxylic acids is 2. The molecule has 1 aromatic carbocycles. The van der Waals surface area contributed by atoms with Gasteiger partial charge in [0.15, 0.2) is 23.1 Å². The zero-order valence-electron chi connectivity index (χ0n) is 22.0. The molecule has 0 unspecified atom stereocenters. The molecule has 2 aliphatic carbocycles. The first-order valence-electron chi connectivity index (χ1n) is 12.7. The Morgan fingerprint density at radius 3 is 2.06 bits per heavy atom. The number of carbonyl (C=O) groups is 2. The first-order valence-corrected chi connectivity index (χ1v) is 12.7. The van der Waals surface area contributed by atoms with Gasteiger partial charge in [0, 0.05) is 61.6 Å². The van der Waals surface area contributed by atoms with Crippen LogP contribution in [-0.4, -0.2) is 48.4 Å². The second kappa shape index (κ2) is 9.45. The topological polar surface area (TPSA) is 76.1 Å². The highest BCUT2D eigenvalue weighted by Crippen LogP contribution is 2.54. The number of phenolic OH excluding ortho intramolecular Hbond substituents is 1. The fraction of sp³-hybridized carbons (Fsp3) is 0.586. The molecule has 1 aromatic rings. The maximum Gasteiger partial charge on any atom is 0.162 e. The summed E-state index contributed by atoms with van der Waals surface area (Å²) in [5.74, 6) is 0.208. The molecule has 6 nitrogen and oxygen atoms in total. The third-order valence-electron chi connectivity index (χ3n) is 7.37. The van der Waals surface area contributed by atoms with Crippen LogP contribution >= 0.6 is 0 Å². The summed E-state index contributed by atoms with van der Waals surface area (Å²) >= 11 is 0. The van der Waals surface area contributed by atoms with Crippen molar-refractivity contribution in [3.8, 4) is 11.5 Å². The van der Waals surface area contributed by atoms with Crippen molar-refractivity contribution in [2.45, 2.75) is 72.6 Å². The first kappa shape index (κ1) is 25.5. The molecular formula is C29H39NO5. The van der Waals surface area contributed by atoms with E-state index in [1.165, 1.54) is 0 Å². The van der Waals surface area contributed by atoms with E-state index in [-0.39, 0.29) is 28.1 Å². The van der Waals surface area contributed by atoms with Crippen LogP contribution in [0.4, 0.5) is 0 Å². The second-order valence-corrected chi connectivity index (χ2v) is 11.7. The van der Waals surface area contributed by atoms with E-state index in [1.54, 1.807) is 19.2 Å². The van der Waals surface area contributed by atoms with E-state index in [1.807, 2.05) is 13.0 Å². The van der Waals surface area contributed by atoms with Crippen molar-refractivity contribution in [3.05, 3.63) is 46.3 Å². The minimum absolute atomic E-state index is 0.0585. The molecule has 0 aromatic heterocycles. The second-order valence-electron chi connectivity index (χ2n) is 11.7. The smallest absolute Gasteiger partial charge is 0.162 e. The lowest BCUT2D eigenvalue weighted by atomic mass is 9.63. The van der Waals surface area contributed by atoms with Crippen LogP contribution in [0.3, 0.4) is 0 Å². The number of Topliss-reactive ketones (excluding diaryl/α,β-unsaturated/α-hetero) is 2. The van der Waals surface area contributed by atoms with E-state index in [4.69, 9.17) is 9.47 Å². The lowest BCUT2D eigenvalue weighted by Crippen LogP contribution is -2.44. The number of ketones is 2. The fourth-order valence-corrected chi connectivity index (χ4v) is 6.00. The summed E-state index contributed by atoms with van der Waals surface area (Å²) in [6, 6.07) is 5.25. The standard InChI is InChI=1S/C29H39NO5/c1-7-35-24-13-18(9-10-21(24)31)25-26-19(14-28(2,3)16-22(26)32)30(11-8-12-34-6)20-15-29(4,5)17-23(33)27(20)25/h9-10,13,25,31H,7-8,11-12,14-17H2,1-6H3. The normalized spacial score (nSPS) is 21.8. The van der Waals surface area contributed by atoms with E-state index in [0.29, 0.717) is 38.3 Å². The van der Waals surface area contributed by atoms with Gasteiger partial charge in [0.25, 0.3) is 0 Å². The molecule has 1 heterocycles. The van der Waals surface area contributed by atoms with Gasteiger partial charge in [-0.1, -0.05) is 33.8 Å². The molecule has 6 heteroatoms. The highest BCUT2D eigenvalue weighted by Gasteiger charge is 2.48. The Hall–Kier alpha value is -2.60. The summed E-state index contributed by atoms with van der Waals surface area (Å²) in [6.45, 7) is 12.2. The predicted molar refractivity (Wildman–Crippen MR) is 135 cm³/mol. The molecule has 0 spiro atoms. The zero-order chi connectivity index (χ0) is 25.5. The highest BCUT2D eigenvalue weighted by molar-refractivity contribution is 6.06. The Bertz CT molecular complexity index is 1040. The monoisotopic (exact) mass is 481 g/mol. The zero-order valence-corrected chi connectivity index (χ0v) is 22.0. The highest BCUT2D eigenvalue weighted by atomic mass is 16.5. The molecular weight excluding hydrogens is 442 g/mol. The Labute approximate surface area is 209 Å². The first-order chi connectivity index (χ1) is 16.5. The fourth-order valence-electron chi connectivity index (χ4n) is 6.00. The van der Waals surface area contributed by atoms with Crippen molar-refractivity contribution < 1.29 is 24.2 Å². The molecule has 4 rings (SSSR count). The molecule has 0 fully saturated rings. The molecule has 1 N–H and O–H groups in total. The number of aromatic hydroxyl groups is 1. The summed E-state index contributed by atoms with van der Waals surface area (Å²) < 4.78 is 11.0. The van der Waals surface area contributed by atoms with Crippen LogP contribution in [0.1, 0.15) is 78.2 Å². The van der Waals surface area contributed by atoms with Crippen LogP contribution < -0.4 is 4.74 Å². The molecule has 0 radical (unpaired) electrons. The van der Waals surface area contributed by atoms with Gasteiger partial charge in [0.1, 0.15) is 0 Å². The summed E-state index contributed by atoms with van der Waals surface area (Å²) in [5, 5.41) is 10.3. The van der Waals surface area contributed by atoms with Gasteiger partial charge in [-0.15, -0.1) is 0 Å².